The summed E-state index contributed by atoms with van der Waals surface area (Å²) in [6.07, 6.45) is 5.45. The third-order valence-corrected chi connectivity index (χ3v) is 5.41. The number of hydrogen-bond donors (Lipinski definition) is 2. The first-order chi connectivity index (χ1) is 13.4. The van der Waals surface area contributed by atoms with Gasteiger partial charge in [-0.15, -0.1) is 11.3 Å². The molecule has 0 aliphatic carbocycles. The number of hydrazine groups is 1. The van der Waals surface area contributed by atoms with Gasteiger partial charge in [0, 0.05) is 4.88 Å². The zero-order valence-corrected chi connectivity index (χ0v) is 19.7. The van der Waals surface area contributed by atoms with Crippen LogP contribution in [0, 0.1) is 29.6 Å². The molecule has 0 aliphatic rings. The van der Waals surface area contributed by atoms with Crippen molar-refractivity contribution in [2.45, 2.75) is 66.9 Å². The summed E-state index contributed by atoms with van der Waals surface area (Å²) in [4.78, 5) is 27.1. The Hall–Kier alpha value is -1.66. The Morgan fingerprint density at radius 2 is 1.79 bits per heavy atom. The minimum atomic E-state index is -0.628. The van der Waals surface area contributed by atoms with Crippen LogP contribution in [0.5, 0.6) is 0 Å². The van der Waals surface area contributed by atoms with Crippen molar-refractivity contribution in [3.63, 3.8) is 0 Å². The van der Waals surface area contributed by atoms with Crippen molar-refractivity contribution in [2.24, 2.45) is 35.4 Å². The van der Waals surface area contributed by atoms with Gasteiger partial charge in [0.2, 0.25) is 5.91 Å². The lowest BCUT2D eigenvalue weighted by Crippen LogP contribution is -2.46. The molecule has 0 saturated heterocycles. The van der Waals surface area contributed by atoms with Crippen LogP contribution in [-0.2, 0) is 14.3 Å². The Labute approximate surface area is 180 Å². The fourth-order valence-electron chi connectivity index (χ4n) is 3.53. The molecule has 0 spiro atoms. The van der Waals surface area contributed by atoms with Crippen LogP contribution in [0.3, 0.4) is 0 Å². The summed E-state index contributed by atoms with van der Waals surface area (Å²) in [5.41, 5.74) is 1.65. The van der Waals surface area contributed by atoms with Crippen molar-refractivity contribution in [2.75, 3.05) is 0 Å². The first kappa shape index (κ1) is 25.4. The fraction of sp³-hybridized carbons (Fsp3) is 0.652. The van der Waals surface area contributed by atoms with Crippen LogP contribution in [0.25, 0.3) is 6.08 Å². The largest absolute Gasteiger partial charge is 0.460 e. The summed E-state index contributed by atoms with van der Waals surface area (Å²) in [7, 11) is 0. The van der Waals surface area contributed by atoms with Gasteiger partial charge in [0.05, 0.1) is 11.8 Å². The molecule has 0 saturated carbocycles. The summed E-state index contributed by atoms with van der Waals surface area (Å²) >= 11 is 1.64. The van der Waals surface area contributed by atoms with Crippen LogP contribution >= 0.6 is 11.3 Å². The van der Waals surface area contributed by atoms with E-state index in [1.54, 1.807) is 11.3 Å². The lowest BCUT2D eigenvalue weighted by atomic mass is 9.74. The minimum Gasteiger partial charge on any atom is -0.460 e. The van der Waals surface area contributed by atoms with E-state index < -0.39 is 17.4 Å². The molecule has 3 atom stereocenters. The highest BCUT2D eigenvalue weighted by Crippen LogP contribution is 2.35. The van der Waals surface area contributed by atoms with Crippen molar-refractivity contribution in [3.05, 3.63) is 28.5 Å². The van der Waals surface area contributed by atoms with Gasteiger partial charge < -0.3 is 4.74 Å². The average Bonchev–Trinajstić information content (AvgIpc) is 3.09. The molecule has 1 aromatic rings. The lowest BCUT2D eigenvalue weighted by molar-refractivity contribution is -0.166. The Balaban J connectivity index is 3.39. The van der Waals surface area contributed by atoms with Crippen molar-refractivity contribution in [1.29, 1.82) is 0 Å². The maximum atomic E-state index is 13.3. The maximum absolute atomic E-state index is 13.3. The molecule has 5 nitrogen and oxygen atoms in total. The third kappa shape index (κ3) is 9.13. The second-order valence-electron chi connectivity index (χ2n) is 9.47. The summed E-state index contributed by atoms with van der Waals surface area (Å²) in [6, 6.07) is 4.03. The van der Waals surface area contributed by atoms with E-state index in [-0.39, 0.29) is 23.7 Å². The number of esters is 1. The molecule has 0 fully saturated rings. The molecule has 164 valence electrons. The Morgan fingerprint density at radius 1 is 1.17 bits per heavy atom. The molecule has 0 radical (unpaired) electrons. The molecule has 1 aromatic heterocycles. The average molecular weight is 423 g/mol. The van der Waals surface area contributed by atoms with Gasteiger partial charge >= 0.3 is 5.97 Å². The van der Waals surface area contributed by atoms with E-state index in [4.69, 9.17) is 10.6 Å². The smallest absolute Gasteiger partial charge is 0.310 e. The second-order valence-corrected chi connectivity index (χ2v) is 10.5. The molecular weight excluding hydrogens is 384 g/mol. The van der Waals surface area contributed by atoms with Gasteiger partial charge in [0.15, 0.2) is 0 Å². The molecule has 29 heavy (non-hydrogen) atoms. The first-order valence-electron chi connectivity index (χ1n) is 10.4. The van der Waals surface area contributed by atoms with E-state index in [2.05, 4.69) is 25.3 Å². The van der Waals surface area contributed by atoms with E-state index >= 15 is 0 Å². The number of hydrogen-bond acceptors (Lipinski definition) is 5. The van der Waals surface area contributed by atoms with Gasteiger partial charge in [-0.25, -0.2) is 5.84 Å². The predicted molar refractivity (Wildman–Crippen MR) is 121 cm³/mol. The van der Waals surface area contributed by atoms with E-state index in [0.717, 1.165) is 11.3 Å². The number of carbonyl (C=O) groups excluding carboxylic acids is 2. The lowest BCUT2D eigenvalue weighted by Gasteiger charge is -2.33. The van der Waals surface area contributed by atoms with Crippen molar-refractivity contribution >= 4 is 29.3 Å². The highest BCUT2D eigenvalue weighted by atomic mass is 32.1. The second kappa shape index (κ2) is 11.5. The third-order valence-electron chi connectivity index (χ3n) is 4.57. The minimum absolute atomic E-state index is 0.131. The van der Waals surface area contributed by atoms with Crippen LogP contribution in [0.4, 0.5) is 0 Å². The monoisotopic (exact) mass is 422 g/mol. The predicted octanol–water partition coefficient (Wildman–Crippen LogP) is 5.03. The van der Waals surface area contributed by atoms with Crippen LogP contribution in [-0.4, -0.2) is 17.5 Å². The molecule has 2 unspecified atom stereocenters. The summed E-state index contributed by atoms with van der Waals surface area (Å²) < 4.78 is 5.77. The molecule has 1 heterocycles. The van der Waals surface area contributed by atoms with Crippen LogP contribution in [0.2, 0.25) is 0 Å². The number of thiophene rings is 1. The van der Waals surface area contributed by atoms with Crippen molar-refractivity contribution in [1.82, 2.24) is 5.43 Å². The Kier molecular flexibility index (Phi) is 10.1. The van der Waals surface area contributed by atoms with Crippen LogP contribution in [0.15, 0.2) is 23.6 Å². The number of allylic oxidation sites excluding steroid dienone is 1. The molecular formula is C23H38N2O3S. The summed E-state index contributed by atoms with van der Waals surface area (Å²) in [5.74, 6) is 4.17. The molecule has 1 rings (SSSR count). The number of rotatable bonds is 10. The van der Waals surface area contributed by atoms with Gasteiger partial charge in [-0.05, 0) is 68.9 Å². The zero-order valence-electron chi connectivity index (χ0n) is 18.9. The molecule has 0 aromatic carbocycles. The molecule has 6 heteroatoms. The van der Waals surface area contributed by atoms with Gasteiger partial charge in [0.1, 0.15) is 5.60 Å². The number of amides is 1. The highest BCUT2D eigenvalue weighted by Gasteiger charge is 2.41. The molecule has 0 aliphatic heterocycles. The number of carbonyl (C=O) groups is 2. The van der Waals surface area contributed by atoms with Crippen LogP contribution < -0.4 is 11.3 Å². The van der Waals surface area contributed by atoms with E-state index in [9.17, 15) is 9.59 Å². The molecule has 0 bridgehead atoms. The van der Waals surface area contributed by atoms with Crippen molar-refractivity contribution < 1.29 is 14.3 Å². The van der Waals surface area contributed by atoms with E-state index in [1.807, 2.05) is 58.2 Å². The Morgan fingerprint density at radius 3 is 2.24 bits per heavy atom. The topological polar surface area (TPSA) is 81.4 Å². The molecule has 1 amide bonds. The van der Waals surface area contributed by atoms with E-state index in [0.29, 0.717) is 12.3 Å². The normalized spacial score (nSPS) is 15.5. The van der Waals surface area contributed by atoms with Gasteiger partial charge in [-0.1, -0.05) is 39.8 Å². The van der Waals surface area contributed by atoms with E-state index in [1.165, 1.54) is 0 Å². The Bertz CT molecular complexity index is 660. The quantitative estimate of drug-likeness (QED) is 0.240. The van der Waals surface area contributed by atoms with Crippen molar-refractivity contribution in [3.8, 4) is 0 Å². The van der Waals surface area contributed by atoms with Gasteiger partial charge in [0.25, 0.3) is 0 Å². The number of nitrogens with one attached hydrogen (secondary N) is 1. The summed E-state index contributed by atoms with van der Waals surface area (Å²) in [5, 5.41) is 2.02. The molecule has 3 N–H and O–H groups in total. The highest BCUT2D eigenvalue weighted by molar-refractivity contribution is 7.10. The van der Waals surface area contributed by atoms with Crippen LogP contribution in [0.1, 0.15) is 66.2 Å². The standard InChI is InChI=1S/C23H38N2O3S/c1-15(2)13-17(10-11-18-9-8-12-29-18)20(22(27)28-23(5,6)7)19(14-16(3)4)21(26)25-24/h8-12,15-17,19-20H,13-14,24H2,1-7H3,(H,25,26)/b11-10+/t17?,19-,20?/m1/s1. The number of nitrogens with two attached hydrogens (primary N) is 1. The number of ether oxygens (including phenoxy) is 1. The fourth-order valence-corrected chi connectivity index (χ4v) is 4.16. The van der Waals surface area contributed by atoms with Gasteiger partial charge in [-0.3, -0.25) is 15.0 Å². The SMILES string of the molecule is CC(C)CC(/C=C/c1cccs1)C(C(=O)OC(C)(C)C)[C@@H](CC(C)C)C(=O)NN. The van der Waals surface area contributed by atoms with Gasteiger partial charge in [-0.2, -0.15) is 0 Å². The maximum Gasteiger partial charge on any atom is 0.310 e. The first-order valence-corrected chi connectivity index (χ1v) is 11.3. The summed E-state index contributed by atoms with van der Waals surface area (Å²) in [6.45, 7) is 13.9. The zero-order chi connectivity index (χ0) is 22.2.